The highest BCUT2D eigenvalue weighted by Crippen LogP contribution is 2.38. The molecule has 2 saturated heterocycles. The summed E-state index contributed by atoms with van der Waals surface area (Å²) < 4.78 is 12.1. The Morgan fingerprint density at radius 1 is 1.30 bits per heavy atom. The van der Waals surface area contributed by atoms with Gasteiger partial charge < -0.3 is 20.2 Å². The number of nitrogen functional groups attached to an aromatic ring is 1. The number of nitrogens with two attached hydrogens (primary N) is 1. The number of anilines is 1. The van der Waals surface area contributed by atoms with E-state index in [4.69, 9.17) is 14.9 Å². The van der Waals surface area contributed by atoms with E-state index in [1.165, 1.54) is 24.6 Å². The normalized spacial score (nSPS) is 22.4. The summed E-state index contributed by atoms with van der Waals surface area (Å²) >= 11 is 1.29. The van der Waals surface area contributed by atoms with Gasteiger partial charge in [-0.25, -0.2) is 4.98 Å². The number of carbonyl (C=O) groups excluding carboxylic acids is 1. The molecule has 3 aromatic rings. The molecule has 8 heteroatoms. The van der Waals surface area contributed by atoms with E-state index in [0.29, 0.717) is 39.7 Å². The Kier molecular flexibility index (Phi) is 6.03. The molecule has 2 aromatic heterocycles. The molecule has 172 valence electrons. The van der Waals surface area contributed by atoms with Crippen molar-refractivity contribution in [1.82, 2.24) is 15.2 Å². The minimum Gasteiger partial charge on any atom is -0.460 e. The molecule has 7 nitrogen and oxygen atoms in total. The summed E-state index contributed by atoms with van der Waals surface area (Å²) in [6, 6.07) is 12.8. The summed E-state index contributed by atoms with van der Waals surface area (Å²) in [4.78, 5) is 18.3. The SMILES string of the molecule is C=C(Oc1ccc2cc(CN3[C@@H]4CC[C@H]3CC(NC(C)=O)C4)oc2c1)Sc1ncccc1N. The monoisotopic (exact) mass is 464 g/mol. The van der Waals surface area contributed by atoms with Crippen molar-refractivity contribution in [2.45, 2.75) is 62.3 Å². The van der Waals surface area contributed by atoms with Gasteiger partial charge in [0.15, 0.2) is 5.09 Å². The molecule has 0 radical (unpaired) electrons. The maximum absolute atomic E-state index is 11.5. The first-order valence-electron chi connectivity index (χ1n) is 11.2. The first kappa shape index (κ1) is 21.9. The van der Waals surface area contributed by atoms with Crippen molar-refractivity contribution in [1.29, 1.82) is 0 Å². The van der Waals surface area contributed by atoms with Crippen LogP contribution in [0.15, 0.2) is 63.7 Å². The number of pyridine rings is 1. The molecule has 3 N–H and O–H groups in total. The number of hydrogen-bond acceptors (Lipinski definition) is 7. The Labute approximate surface area is 197 Å². The fourth-order valence-corrected chi connectivity index (χ4v) is 5.73. The number of thioether (sulfide) groups is 1. The van der Waals surface area contributed by atoms with Crippen molar-refractivity contribution in [3.8, 4) is 5.75 Å². The molecule has 33 heavy (non-hydrogen) atoms. The number of hydrogen-bond donors (Lipinski definition) is 2. The van der Waals surface area contributed by atoms with E-state index in [2.05, 4.69) is 27.8 Å². The highest BCUT2D eigenvalue weighted by molar-refractivity contribution is 8.02. The van der Waals surface area contributed by atoms with Crippen molar-refractivity contribution >= 4 is 34.3 Å². The lowest BCUT2D eigenvalue weighted by atomic mass is 9.97. The van der Waals surface area contributed by atoms with Gasteiger partial charge >= 0.3 is 0 Å². The maximum atomic E-state index is 11.5. The molecule has 1 unspecified atom stereocenters. The van der Waals surface area contributed by atoms with Gasteiger partial charge in [-0.15, -0.1) is 0 Å². The molecule has 0 saturated carbocycles. The molecule has 3 atom stereocenters. The van der Waals surface area contributed by atoms with Crippen LogP contribution in [0.2, 0.25) is 0 Å². The Bertz CT molecular complexity index is 1180. The number of rotatable bonds is 7. The summed E-state index contributed by atoms with van der Waals surface area (Å²) in [6.07, 6.45) is 6.07. The lowest BCUT2D eigenvalue weighted by Crippen LogP contribution is -2.49. The average molecular weight is 465 g/mol. The Hall–Kier alpha value is -2.97. The van der Waals surface area contributed by atoms with Gasteiger partial charge in [0.2, 0.25) is 5.91 Å². The third-order valence-corrected chi connectivity index (χ3v) is 7.26. The molecule has 5 rings (SSSR count). The zero-order valence-corrected chi connectivity index (χ0v) is 19.4. The molecular formula is C25H28N4O3S. The summed E-state index contributed by atoms with van der Waals surface area (Å²) in [6.45, 7) is 6.36. The van der Waals surface area contributed by atoms with Crippen LogP contribution >= 0.6 is 11.8 Å². The topological polar surface area (TPSA) is 93.6 Å². The Morgan fingerprint density at radius 2 is 2.09 bits per heavy atom. The number of carbonyl (C=O) groups is 1. The summed E-state index contributed by atoms with van der Waals surface area (Å²) in [5.41, 5.74) is 7.33. The van der Waals surface area contributed by atoms with Crippen LogP contribution in [0.4, 0.5) is 5.69 Å². The number of furan rings is 1. The van der Waals surface area contributed by atoms with Crippen molar-refractivity contribution in [3.63, 3.8) is 0 Å². The molecule has 4 heterocycles. The van der Waals surface area contributed by atoms with E-state index < -0.39 is 0 Å². The first-order valence-corrected chi connectivity index (χ1v) is 12.1. The minimum atomic E-state index is 0.0627. The van der Waals surface area contributed by atoms with Crippen LogP contribution in [0.25, 0.3) is 11.0 Å². The second-order valence-electron chi connectivity index (χ2n) is 8.81. The number of aromatic nitrogens is 1. The second-order valence-corrected chi connectivity index (χ2v) is 9.86. The molecule has 1 aromatic carbocycles. The fraction of sp³-hybridized carbons (Fsp3) is 0.360. The molecule has 0 aliphatic carbocycles. The average Bonchev–Trinajstić information content (AvgIpc) is 3.26. The number of nitrogens with one attached hydrogen (secondary N) is 1. The van der Waals surface area contributed by atoms with E-state index in [0.717, 1.165) is 36.1 Å². The third kappa shape index (κ3) is 4.86. The second kappa shape index (κ2) is 9.11. The van der Waals surface area contributed by atoms with Gasteiger partial charge in [0, 0.05) is 42.7 Å². The van der Waals surface area contributed by atoms with Gasteiger partial charge in [-0.3, -0.25) is 9.69 Å². The molecule has 2 aliphatic rings. The van der Waals surface area contributed by atoms with Gasteiger partial charge in [0.05, 0.1) is 12.2 Å². The molecule has 2 fully saturated rings. The van der Waals surface area contributed by atoms with Gasteiger partial charge in [0.25, 0.3) is 0 Å². The van der Waals surface area contributed by atoms with Gasteiger partial charge in [-0.2, -0.15) is 0 Å². The Balaban J connectivity index is 1.24. The minimum absolute atomic E-state index is 0.0627. The largest absolute Gasteiger partial charge is 0.460 e. The van der Waals surface area contributed by atoms with Crippen LogP contribution in [0.1, 0.15) is 38.4 Å². The molecule has 2 bridgehead atoms. The summed E-state index contributed by atoms with van der Waals surface area (Å²) in [7, 11) is 0. The van der Waals surface area contributed by atoms with Crippen LogP contribution in [0, 0.1) is 0 Å². The predicted octanol–water partition coefficient (Wildman–Crippen LogP) is 4.68. The number of nitrogens with zero attached hydrogens (tertiary/aromatic N) is 2. The van der Waals surface area contributed by atoms with Crippen LogP contribution < -0.4 is 15.8 Å². The molecular weight excluding hydrogens is 436 g/mol. The lowest BCUT2D eigenvalue weighted by molar-refractivity contribution is -0.120. The highest BCUT2D eigenvalue weighted by atomic mass is 32.2. The van der Waals surface area contributed by atoms with Crippen LogP contribution in [0.3, 0.4) is 0 Å². The zero-order chi connectivity index (χ0) is 22.9. The van der Waals surface area contributed by atoms with Crippen molar-refractivity contribution in [2.24, 2.45) is 0 Å². The number of fused-ring (bicyclic) bond motifs is 3. The first-order chi connectivity index (χ1) is 15.9. The lowest BCUT2D eigenvalue weighted by Gasteiger charge is -2.38. The molecule has 2 aliphatic heterocycles. The fourth-order valence-electron chi connectivity index (χ4n) is 5.07. The number of amides is 1. The Morgan fingerprint density at radius 3 is 2.82 bits per heavy atom. The zero-order valence-electron chi connectivity index (χ0n) is 18.6. The standard InChI is InChI=1S/C25H28N4O3S/c1-15(30)28-18-11-19-6-7-20(12-18)29(19)14-22-10-17-5-8-21(13-24(17)32-22)31-16(2)33-25-23(26)4-3-9-27-25/h3-5,8-10,13,18-20H,2,6-7,11-12,14,26H2,1H3,(H,28,30)/t18?,19-,20+. The van der Waals surface area contributed by atoms with E-state index >= 15 is 0 Å². The van der Waals surface area contributed by atoms with E-state index in [1.807, 2.05) is 18.2 Å². The number of ether oxygens (including phenoxy) is 1. The van der Waals surface area contributed by atoms with Gasteiger partial charge in [0.1, 0.15) is 22.1 Å². The smallest absolute Gasteiger partial charge is 0.217 e. The van der Waals surface area contributed by atoms with E-state index in [-0.39, 0.29) is 5.91 Å². The maximum Gasteiger partial charge on any atom is 0.217 e. The number of piperidine rings is 1. The predicted molar refractivity (Wildman–Crippen MR) is 130 cm³/mol. The molecule has 1 amide bonds. The van der Waals surface area contributed by atoms with Crippen LogP contribution in [-0.4, -0.2) is 33.9 Å². The van der Waals surface area contributed by atoms with Gasteiger partial charge in [-0.1, -0.05) is 0 Å². The quantitative estimate of drug-likeness (QED) is 0.387. The van der Waals surface area contributed by atoms with Crippen molar-refractivity contribution in [3.05, 3.63) is 60.0 Å². The molecule has 0 spiro atoms. The summed E-state index contributed by atoms with van der Waals surface area (Å²) in [5.74, 6) is 1.67. The van der Waals surface area contributed by atoms with E-state index in [1.54, 1.807) is 25.3 Å². The highest BCUT2D eigenvalue weighted by Gasteiger charge is 2.41. The van der Waals surface area contributed by atoms with Gasteiger partial charge in [-0.05, 0) is 74.4 Å². The van der Waals surface area contributed by atoms with Crippen molar-refractivity contribution in [2.75, 3.05) is 5.73 Å². The summed E-state index contributed by atoms with van der Waals surface area (Å²) in [5, 5.41) is 5.31. The van der Waals surface area contributed by atoms with Crippen molar-refractivity contribution < 1.29 is 13.9 Å². The third-order valence-electron chi connectivity index (χ3n) is 6.42. The van der Waals surface area contributed by atoms with Crippen LogP contribution in [0.5, 0.6) is 5.75 Å². The van der Waals surface area contributed by atoms with Crippen LogP contribution in [-0.2, 0) is 11.3 Å². The number of benzene rings is 1. The van der Waals surface area contributed by atoms with E-state index in [9.17, 15) is 4.79 Å².